The number of fused-ring (bicyclic) bond motifs is 2. The van der Waals surface area contributed by atoms with Gasteiger partial charge in [0.25, 0.3) is 0 Å². The van der Waals surface area contributed by atoms with Gasteiger partial charge in [0.05, 0.1) is 41.0 Å². The van der Waals surface area contributed by atoms with E-state index in [9.17, 15) is 4.39 Å². The van der Waals surface area contributed by atoms with E-state index in [1.807, 2.05) is 18.2 Å². The van der Waals surface area contributed by atoms with Crippen molar-refractivity contribution in [2.45, 2.75) is 0 Å². The number of hydrogen-bond acceptors (Lipinski definition) is 4. The van der Waals surface area contributed by atoms with E-state index in [-0.39, 0.29) is 5.82 Å². The van der Waals surface area contributed by atoms with Crippen molar-refractivity contribution in [1.29, 1.82) is 0 Å². The molecule has 1 aromatic carbocycles. The first-order chi connectivity index (χ1) is 14.8. The van der Waals surface area contributed by atoms with Crippen LogP contribution in [0.15, 0.2) is 67.4 Å². The number of benzene rings is 1. The van der Waals surface area contributed by atoms with Crippen LogP contribution in [0.4, 0.5) is 4.39 Å². The molecule has 0 fully saturated rings. The number of pyridine rings is 2. The first-order valence-corrected chi connectivity index (χ1v) is 9.32. The monoisotopic (exact) mass is 395 g/mol. The Bertz CT molecular complexity index is 1510. The molecule has 144 valence electrons. The molecule has 0 atom stereocenters. The predicted molar refractivity (Wildman–Crippen MR) is 112 cm³/mol. The molecule has 7 nitrogen and oxygen atoms in total. The Balaban J connectivity index is 1.53. The smallest absolute Gasteiger partial charge is 0.123 e. The molecule has 0 aliphatic carbocycles. The van der Waals surface area contributed by atoms with Crippen LogP contribution in [0.25, 0.3) is 55.6 Å². The summed E-state index contributed by atoms with van der Waals surface area (Å²) in [4.78, 5) is 12.2. The summed E-state index contributed by atoms with van der Waals surface area (Å²) in [5, 5.41) is 16.2. The van der Waals surface area contributed by atoms with Crippen LogP contribution in [-0.2, 0) is 0 Å². The van der Waals surface area contributed by atoms with Crippen LogP contribution in [0, 0.1) is 5.82 Å². The van der Waals surface area contributed by atoms with Gasteiger partial charge in [0.15, 0.2) is 0 Å². The number of rotatable bonds is 3. The van der Waals surface area contributed by atoms with Crippen molar-refractivity contribution in [3.8, 4) is 33.8 Å². The van der Waals surface area contributed by atoms with Gasteiger partial charge in [-0.15, -0.1) is 0 Å². The third-order valence-corrected chi connectivity index (χ3v) is 5.18. The molecular formula is C22H14FN7. The second kappa shape index (κ2) is 6.35. The molecule has 5 heterocycles. The van der Waals surface area contributed by atoms with Gasteiger partial charge in [0, 0.05) is 34.3 Å². The molecule has 0 amide bonds. The minimum Gasteiger partial charge on any atom is -0.352 e. The summed E-state index contributed by atoms with van der Waals surface area (Å²) in [6, 6.07) is 10.5. The third-order valence-electron chi connectivity index (χ3n) is 5.18. The molecule has 5 aromatic heterocycles. The van der Waals surface area contributed by atoms with E-state index in [4.69, 9.17) is 0 Å². The van der Waals surface area contributed by atoms with Gasteiger partial charge in [-0.3, -0.25) is 20.2 Å². The standard InChI is InChI=1S/C22H14FN7/c23-14-3-1-2-12(4-14)17-9-24-10-20-15(17)5-19(28-20)22-16-6-18(13-7-26-27-8-13)25-11-21(16)29-30-22/h1-11,28H,(H,26,27)(H,29,30). The highest BCUT2D eigenvalue weighted by Crippen LogP contribution is 2.34. The molecule has 0 unspecified atom stereocenters. The molecule has 0 radical (unpaired) electrons. The zero-order valence-electron chi connectivity index (χ0n) is 15.5. The lowest BCUT2D eigenvalue weighted by molar-refractivity contribution is 0.628. The van der Waals surface area contributed by atoms with Crippen molar-refractivity contribution < 1.29 is 4.39 Å². The quantitative estimate of drug-likeness (QED) is 0.404. The van der Waals surface area contributed by atoms with Gasteiger partial charge in [-0.2, -0.15) is 10.2 Å². The molecule has 0 aliphatic heterocycles. The van der Waals surface area contributed by atoms with Crippen LogP contribution < -0.4 is 0 Å². The first kappa shape index (κ1) is 16.6. The molecule has 3 N–H and O–H groups in total. The van der Waals surface area contributed by atoms with Gasteiger partial charge in [-0.05, 0) is 29.8 Å². The maximum Gasteiger partial charge on any atom is 0.123 e. The fourth-order valence-electron chi connectivity index (χ4n) is 3.74. The van der Waals surface area contributed by atoms with Crippen LogP contribution in [0.2, 0.25) is 0 Å². The summed E-state index contributed by atoms with van der Waals surface area (Å²) in [6.07, 6.45) is 8.80. The third kappa shape index (κ3) is 2.58. The van der Waals surface area contributed by atoms with Crippen molar-refractivity contribution in [2.75, 3.05) is 0 Å². The van der Waals surface area contributed by atoms with E-state index in [2.05, 4.69) is 35.3 Å². The van der Waals surface area contributed by atoms with E-state index in [0.717, 1.165) is 55.6 Å². The van der Waals surface area contributed by atoms with Crippen LogP contribution in [0.5, 0.6) is 0 Å². The van der Waals surface area contributed by atoms with Gasteiger partial charge in [0.2, 0.25) is 0 Å². The minimum atomic E-state index is -0.280. The average Bonchev–Trinajstić information content (AvgIpc) is 3.51. The average molecular weight is 395 g/mol. The van der Waals surface area contributed by atoms with Crippen molar-refractivity contribution >= 4 is 21.8 Å². The van der Waals surface area contributed by atoms with Crippen molar-refractivity contribution in [2.24, 2.45) is 0 Å². The number of H-pyrrole nitrogens is 3. The highest BCUT2D eigenvalue weighted by atomic mass is 19.1. The van der Waals surface area contributed by atoms with E-state index in [1.165, 1.54) is 12.1 Å². The Kier molecular flexibility index (Phi) is 3.51. The maximum absolute atomic E-state index is 13.8. The maximum atomic E-state index is 13.8. The largest absolute Gasteiger partial charge is 0.352 e. The zero-order chi connectivity index (χ0) is 20.1. The number of nitrogens with one attached hydrogen (secondary N) is 3. The zero-order valence-corrected chi connectivity index (χ0v) is 15.5. The van der Waals surface area contributed by atoms with Gasteiger partial charge >= 0.3 is 0 Å². The van der Waals surface area contributed by atoms with Crippen molar-refractivity contribution in [3.05, 3.63) is 73.2 Å². The number of hydrogen-bond donors (Lipinski definition) is 3. The van der Waals surface area contributed by atoms with Crippen LogP contribution in [0.1, 0.15) is 0 Å². The van der Waals surface area contributed by atoms with Crippen LogP contribution >= 0.6 is 0 Å². The molecule has 0 aliphatic rings. The second-order valence-corrected chi connectivity index (χ2v) is 7.02. The Morgan fingerprint density at radius 3 is 2.70 bits per heavy atom. The molecule has 6 aromatic rings. The lowest BCUT2D eigenvalue weighted by atomic mass is 10.0. The molecule has 0 spiro atoms. The minimum absolute atomic E-state index is 0.280. The Morgan fingerprint density at radius 2 is 1.83 bits per heavy atom. The summed E-state index contributed by atoms with van der Waals surface area (Å²) in [5.74, 6) is -0.280. The van der Waals surface area contributed by atoms with Gasteiger partial charge in [-0.1, -0.05) is 12.1 Å². The summed E-state index contributed by atoms with van der Waals surface area (Å²) in [7, 11) is 0. The lowest BCUT2D eigenvalue weighted by Gasteiger charge is -2.02. The molecule has 0 bridgehead atoms. The Labute approximate surface area is 169 Å². The normalized spacial score (nSPS) is 11.5. The lowest BCUT2D eigenvalue weighted by Crippen LogP contribution is -1.83. The molecule has 30 heavy (non-hydrogen) atoms. The molecule has 0 saturated carbocycles. The predicted octanol–water partition coefficient (Wildman–Crippen LogP) is 4.70. The van der Waals surface area contributed by atoms with Gasteiger partial charge < -0.3 is 4.98 Å². The van der Waals surface area contributed by atoms with E-state index in [1.54, 1.807) is 37.1 Å². The van der Waals surface area contributed by atoms with Crippen LogP contribution in [0.3, 0.4) is 0 Å². The topological polar surface area (TPSA) is 98.9 Å². The molecule has 8 heteroatoms. The SMILES string of the molecule is Fc1cccc(-c2cncc3[nH]c(-c4n[nH]c5cnc(-c6cn[nH]c6)cc45)cc23)c1. The van der Waals surface area contributed by atoms with Gasteiger partial charge in [0.1, 0.15) is 11.5 Å². The summed E-state index contributed by atoms with van der Waals surface area (Å²) < 4.78 is 13.8. The van der Waals surface area contributed by atoms with Crippen molar-refractivity contribution in [1.82, 2.24) is 35.3 Å². The fourth-order valence-corrected chi connectivity index (χ4v) is 3.74. The summed E-state index contributed by atoms with van der Waals surface area (Å²) in [5.41, 5.74) is 6.64. The van der Waals surface area contributed by atoms with E-state index in [0.29, 0.717) is 0 Å². The van der Waals surface area contributed by atoms with Crippen molar-refractivity contribution in [3.63, 3.8) is 0 Å². The second-order valence-electron chi connectivity index (χ2n) is 7.02. The molecular weight excluding hydrogens is 381 g/mol. The number of nitrogens with zero attached hydrogens (tertiary/aromatic N) is 4. The van der Waals surface area contributed by atoms with Gasteiger partial charge in [-0.25, -0.2) is 4.39 Å². The number of halogens is 1. The summed E-state index contributed by atoms with van der Waals surface area (Å²) in [6.45, 7) is 0. The molecule has 6 rings (SSSR count). The Hall–Kier alpha value is -4.33. The Morgan fingerprint density at radius 1 is 0.867 bits per heavy atom. The van der Waals surface area contributed by atoms with E-state index >= 15 is 0 Å². The number of aromatic amines is 3. The van der Waals surface area contributed by atoms with Crippen LogP contribution in [-0.4, -0.2) is 35.3 Å². The number of aromatic nitrogens is 7. The highest BCUT2D eigenvalue weighted by Gasteiger charge is 2.15. The van der Waals surface area contributed by atoms with E-state index < -0.39 is 0 Å². The first-order valence-electron chi connectivity index (χ1n) is 9.32. The fraction of sp³-hybridized carbons (Fsp3) is 0. The highest BCUT2D eigenvalue weighted by molar-refractivity contribution is 6.01. The summed E-state index contributed by atoms with van der Waals surface area (Å²) >= 11 is 0. The molecule has 0 saturated heterocycles.